The topological polar surface area (TPSA) is 70.6 Å². The minimum absolute atomic E-state index is 0.0208. The van der Waals surface area contributed by atoms with Gasteiger partial charge < -0.3 is 4.90 Å². The number of hydrogen-bond acceptors (Lipinski definition) is 4. The van der Waals surface area contributed by atoms with Crippen LogP contribution in [0.5, 0.6) is 0 Å². The quantitative estimate of drug-likeness (QED) is 0.358. The predicted octanol–water partition coefficient (Wildman–Crippen LogP) is 5.54. The SMILES string of the molecule is CS(=O)(=O)N(Cc1cc(Cl)cc(Cl)c1)c1ccc(N(C=O)Cc2ccc(C(F)(F)F)nc2)cc1. The second kappa shape index (κ2) is 10.2. The van der Waals surface area contributed by atoms with Crippen LogP contribution in [0, 0.1) is 0 Å². The summed E-state index contributed by atoms with van der Waals surface area (Å²) in [7, 11) is -3.68. The molecule has 0 saturated heterocycles. The molecule has 1 amide bonds. The highest BCUT2D eigenvalue weighted by Gasteiger charge is 2.32. The zero-order valence-electron chi connectivity index (χ0n) is 17.6. The molecule has 2 aromatic carbocycles. The zero-order chi connectivity index (χ0) is 25.1. The molecule has 0 aliphatic heterocycles. The standard InChI is InChI=1S/C22H18Cl2F3N3O3S/c1-34(32,33)30(13-16-8-17(23)10-18(24)9-16)20-5-3-19(4-6-20)29(14-31)12-15-2-7-21(28-11-15)22(25,26)27/h2-11,14H,12-13H2,1H3. The number of halogens is 5. The number of carbonyl (C=O) groups excluding carboxylic acids is 1. The van der Waals surface area contributed by atoms with Gasteiger partial charge in [0.05, 0.1) is 25.0 Å². The summed E-state index contributed by atoms with van der Waals surface area (Å²) < 4.78 is 64.1. The minimum Gasteiger partial charge on any atom is -0.311 e. The third-order valence-electron chi connectivity index (χ3n) is 4.71. The van der Waals surface area contributed by atoms with E-state index in [-0.39, 0.29) is 13.1 Å². The molecule has 1 heterocycles. The third kappa shape index (κ3) is 6.62. The number of benzene rings is 2. The van der Waals surface area contributed by atoms with E-state index in [0.717, 1.165) is 22.8 Å². The van der Waals surface area contributed by atoms with Gasteiger partial charge in [0, 0.05) is 21.9 Å². The molecular weight excluding hydrogens is 514 g/mol. The van der Waals surface area contributed by atoms with Crippen molar-refractivity contribution in [3.63, 3.8) is 0 Å². The molecule has 34 heavy (non-hydrogen) atoms. The van der Waals surface area contributed by atoms with Crippen molar-refractivity contribution in [2.45, 2.75) is 19.3 Å². The molecule has 3 aromatic rings. The van der Waals surface area contributed by atoms with Crippen molar-refractivity contribution in [1.82, 2.24) is 4.98 Å². The van der Waals surface area contributed by atoms with Crippen LogP contribution in [-0.4, -0.2) is 26.1 Å². The van der Waals surface area contributed by atoms with Gasteiger partial charge in [-0.15, -0.1) is 0 Å². The van der Waals surface area contributed by atoms with E-state index >= 15 is 0 Å². The van der Waals surface area contributed by atoms with E-state index in [9.17, 15) is 26.4 Å². The van der Waals surface area contributed by atoms with Gasteiger partial charge in [0.2, 0.25) is 16.4 Å². The first-order chi connectivity index (χ1) is 15.9. The molecular formula is C22H18Cl2F3N3O3S. The average molecular weight is 532 g/mol. The van der Waals surface area contributed by atoms with Crippen molar-refractivity contribution in [2.75, 3.05) is 15.5 Å². The lowest BCUT2D eigenvalue weighted by Gasteiger charge is -2.24. The highest BCUT2D eigenvalue weighted by atomic mass is 35.5. The monoisotopic (exact) mass is 531 g/mol. The van der Waals surface area contributed by atoms with Crippen LogP contribution in [0.15, 0.2) is 60.8 Å². The number of carbonyl (C=O) groups is 1. The summed E-state index contributed by atoms with van der Waals surface area (Å²) in [5.74, 6) is 0. The Balaban J connectivity index is 1.82. The first-order valence-corrected chi connectivity index (χ1v) is 12.2. The molecule has 6 nitrogen and oxygen atoms in total. The molecule has 12 heteroatoms. The third-order valence-corrected chi connectivity index (χ3v) is 6.29. The number of anilines is 2. The Morgan fingerprint density at radius 3 is 1.97 bits per heavy atom. The molecule has 0 spiro atoms. The van der Waals surface area contributed by atoms with Crippen LogP contribution in [0.3, 0.4) is 0 Å². The average Bonchev–Trinajstić information content (AvgIpc) is 2.74. The summed E-state index contributed by atoms with van der Waals surface area (Å²) in [6.45, 7) is -0.0438. The largest absolute Gasteiger partial charge is 0.433 e. The second-order valence-corrected chi connectivity index (χ2v) is 10.1. The second-order valence-electron chi connectivity index (χ2n) is 7.35. The number of aromatic nitrogens is 1. The number of rotatable bonds is 8. The summed E-state index contributed by atoms with van der Waals surface area (Å²) in [5.41, 5.74) is 0.693. The van der Waals surface area contributed by atoms with Crippen molar-refractivity contribution < 1.29 is 26.4 Å². The normalized spacial score (nSPS) is 11.8. The van der Waals surface area contributed by atoms with Gasteiger partial charge in [-0.25, -0.2) is 8.42 Å². The summed E-state index contributed by atoms with van der Waals surface area (Å²) in [6.07, 6.45) is -1.92. The first kappa shape index (κ1) is 25.8. The van der Waals surface area contributed by atoms with E-state index in [1.807, 2.05) is 0 Å². The maximum atomic E-state index is 12.7. The molecule has 0 aliphatic rings. The van der Waals surface area contributed by atoms with Gasteiger partial charge in [-0.2, -0.15) is 13.2 Å². The lowest BCUT2D eigenvalue weighted by Crippen LogP contribution is -2.29. The van der Waals surface area contributed by atoms with Crippen LogP contribution >= 0.6 is 23.2 Å². The Kier molecular flexibility index (Phi) is 7.74. The molecule has 0 unspecified atom stereocenters. The minimum atomic E-state index is -4.55. The fourth-order valence-corrected chi connectivity index (χ4v) is 4.61. The molecule has 0 saturated carbocycles. The maximum Gasteiger partial charge on any atom is 0.433 e. The van der Waals surface area contributed by atoms with Gasteiger partial charge in [-0.1, -0.05) is 29.3 Å². The maximum absolute atomic E-state index is 12.7. The molecule has 0 radical (unpaired) electrons. The van der Waals surface area contributed by atoms with Crippen LogP contribution in [0.25, 0.3) is 0 Å². The molecule has 180 valence electrons. The van der Waals surface area contributed by atoms with Crippen LogP contribution in [0.1, 0.15) is 16.8 Å². The van der Waals surface area contributed by atoms with E-state index in [2.05, 4.69) is 4.98 Å². The summed E-state index contributed by atoms with van der Waals surface area (Å²) in [4.78, 5) is 16.3. The Morgan fingerprint density at radius 1 is 0.912 bits per heavy atom. The van der Waals surface area contributed by atoms with E-state index < -0.39 is 21.9 Å². The molecule has 0 bridgehead atoms. The van der Waals surface area contributed by atoms with Crippen molar-refractivity contribution in [1.29, 1.82) is 0 Å². The van der Waals surface area contributed by atoms with Crippen molar-refractivity contribution in [3.05, 3.63) is 87.7 Å². The first-order valence-electron chi connectivity index (χ1n) is 9.63. The van der Waals surface area contributed by atoms with E-state index in [4.69, 9.17) is 23.2 Å². The molecule has 0 aliphatic carbocycles. The molecule has 0 N–H and O–H groups in total. The van der Waals surface area contributed by atoms with Gasteiger partial charge in [-0.3, -0.25) is 14.1 Å². The molecule has 0 atom stereocenters. The highest BCUT2D eigenvalue weighted by molar-refractivity contribution is 7.92. The van der Waals surface area contributed by atoms with E-state index in [0.29, 0.717) is 39.0 Å². The summed E-state index contributed by atoms with van der Waals surface area (Å²) in [6, 6.07) is 12.9. The zero-order valence-corrected chi connectivity index (χ0v) is 20.0. The number of amides is 1. The van der Waals surface area contributed by atoms with Gasteiger partial charge in [0.15, 0.2) is 0 Å². The van der Waals surface area contributed by atoms with Gasteiger partial charge >= 0.3 is 6.18 Å². The van der Waals surface area contributed by atoms with Gasteiger partial charge in [0.25, 0.3) is 0 Å². The number of sulfonamides is 1. The number of pyridine rings is 1. The number of nitrogens with zero attached hydrogens (tertiary/aromatic N) is 3. The van der Waals surface area contributed by atoms with Crippen LogP contribution < -0.4 is 9.21 Å². The Hall–Kier alpha value is -2.82. The van der Waals surface area contributed by atoms with Crippen LogP contribution in [0.4, 0.5) is 24.5 Å². The Bertz CT molecular complexity index is 1250. The van der Waals surface area contributed by atoms with Crippen LogP contribution in [0.2, 0.25) is 10.0 Å². The van der Waals surface area contributed by atoms with Crippen molar-refractivity contribution >= 4 is 51.0 Å². The highest BCUT2D eigenvalue weighted by Crippen LogP contribution is 2.29. The Morgan fingerprint density at radius 2 is 1.50 bits per heavy atom. The molecule has 3 rings (SSSR count). The van der Waals surface area contributed by atoms with Crippen molar-refractivity contribution in [3.8, 4) is 0 Å². The van der Waals surface area contributed by atoms with E-state index in [1.165, 1.54) is 41.3 Å². The summed E-state index contributed by atoms with van der Waals surface area (Å²) >= 11 is 12.0. The van der Waals surface area contributed by atoms with Crippen molar-refractivity contribution in [2.24, 2.45) is 0 Å². The number of alkyl halides is 3. The fourth-order valence-electron chi connectivity index (χ4n) is 3.15. The van der Waals surface area contributed by atoms with Gasteiger partial charge in [0.1, 0.15) is 5.69 Å². The summed E-state index contributed by atoms with van der Waals surface area (Å²) in [5, 5.41) is 0.733. The molecule has 1 aromatic heterocycles. The van der Waals surface area contributed by atoms with E-state index in [1.54, 1.807) is 12.1 Å². The number of hydrogen-bond donors (Lipinski definition) is 0. The van der Waals surface area contributed by atoms with Crippen LogP contribution in [-0.2, 0) is 34.1 Å². The fraction of sp³-hybridized carbons (Fsp3) is 0.182. The predicted molar refractivity (Wildman–Crippen MR) is 125 cm³/mol. The smallest absolute Gasteiger partial charge is 0.311 e. The van der Waals surface area contributed by atoms with Gasteiger partial charge in [-0.05, 0) is 59.7 Å². The lowest BCUT2D eigenvalue weighted by atomic mass is 10.2. The lowest BCUT2D eigenvalue weighted by molar-refractivity contribution is -0.141. The molecule has 0 fully saturated rings. The Labute approximate surface area is 204 Å².